The number of nitrogens with one attached hydrogen (secondary N) is 2. The number of halogens is 2. The van der Waals surface area contributed by atoms with Crippen LogP contribution in [0.5, 0.6) is 0 Å². The molecule has 0 aromatic carbocycles. The summed E-state index contributed by atoms with van der Waals surface area (Å²) >= 11 is 0. The summed E-state index contributed by atoms with van der Waals surface area (Å²) in [6.45, 7) is 0.525. The van der Waals surface area contributed by atoms with Gasteiger partial charge in [0, 0.05) is 19.2 Å². The Balaban J connectivity index is 2.64. The van der Waals surface area contributed by atoms with Crippen molar-refractivity contribution in [3.8, 4) is 0 Å². The number of nitrogens with two attached hydrogens (primary N) is 1. The fraction of sp³-hybridized carbons (Fsp3) is 0.444. The number of aliphatic hydroxyl groups excluding tert-OH is 1. The van der Waals surface area contributed by atoms with Gasteiger partial charge in [0.05, 0.1) is 0 Å². The minimum Gasteiger partial charge on any atom is -0.396 e. The van der Waals surface area contributed by atoms with Crippen molar-refractivity contribution in [3.05, 3.63) is 17.7 Å². The summed E-state index contributed by atoms with van der Waals surface area (Å²) in [4.78, 5) is 3.63. The van der Waals surface area contributed by atoms with Crippen LogP contribution in [0.15, 0.2) is 6.07 Å². The Morgan fingerprint density at radius 1 is 1.25 bits per heavy atom. The Morgan fingerprint density at radius 2 is 1.94 bits per heavy atom. The third-order valence-electron chi connectivity index (χ3n) is 1.94. The maximum absolute atomic E-state index is 13.2. The molecule has 1 aromatic rings. The standard InChI is InChI=1S/C9H14F2N4O/c10-6-5-7(11)9(15-12)14-8(6)13-3-1-2-4-16/h5,16H,1-4,12H2,(H2,13,14,15). The van der Waals surface area contributed by atoms with Gasteiger partial charge in [-0.3, -0.25) is 0 Å². The quantitative estimate of drug-likeness (QED) is 0.332. The maximum atomic E-state index is 13.2. The maximum Gasteiger partial charge on any atom is 0.178 e. The van der Waals surface area contributed by atoms with E-state index in [1.54, 1.807) is 0 Å². The van der Waals surface area contributed by atoms with E-state index in [2.05, 4.69) is 10.3 Å². The molecule has 0 aliphatic rings. The third kappa shape index (κ3) is 3.28. The second kappa shape index (κ2) is 6.19. The molecule has 16 heavy (non-hydrogen) atoms. The molecular formula is C9H14F2N4O. The predicted octanol–water partition coefficient (Wildman–Crippen LogP) is 0.830. The molecule has 0 spiro atoms. The highest BCUT2D eigenvalue weighted by Gasteiger charge is 2.10. The predicted molar refractivity (Wildman–Crippen MR) is 56.8 cm³/mol. The van der Waals surface area contributed by atoms with Gasteiger partial charge >= 0.3 is 0 Å². The van der Waals surface area contributed by atoms with E-state index in [9.17, 15) is 8.78 Å². The number of hydrogen-bond acceptors (Lipinski definition) is 5. The molecule has 0 radical (unpaired) electrons. The fourth-order valence-corrected chi connectivity index (χ4v) is 1.14. The molecular weight excluding hydrogens is 218 g/mol. The summed E-state index contributed by atoms with van der Waals surface area (Å²) in [7, 11) is 0. The van der Waals surface area contributed by atoms with Gasteiger partial charge in [-0.05, 0) is 12.8 Å². The van der Waals surface area contributed by atoms with Crippen molar-refractivity contribution in [2.45, 2.75) is 12.8 Å². The fourth-order valence-electron chi connectivity index (χ4n) is 1.14. The SMILES string of the molecule is NNc1nc(NCCCCO)c(F)cc1F. The second-order valence-corrected chi connectivity index (χ2v) is 3.15. The van der Waals surface area contributed by atoms with Crippen molar-refractivity contribution in [1.29, 1.82) is 0 Å². The summed E-state index contributed by atoms with van der Waals surface area (Å²) in [6.07, 6.45) is 1.28. The Labute approximate surface area is 91.6 Å². The molecule has 0 bridgehead atoms. The highest BCUT2D eigenvalue weighted by molar-refractivity contribution is 5.46. The molecule has 90 valence electrons. The Hall–Kier alpha value is -1.47. The van der Waals surface area contributed by atoms with Crippen LogP contribution in [-0.2, 0) is 0 Å². The lowest BCUT2D eigenvalue weighted by Gasteiger charge is -2.08. The van der Waals surface area contributed by atoms with Gasteiger partial charge in [0.1, 0.15) is 0 Å². The number of hydrazine groups is 1. The van der Waals surface area contributed by atoms with E-state index in [1.165, 1.54) is 0 Å². The normalized spacial score (nSPS) is 10.2. The first-order chi connectivity index (χ1) is 7.69. The van der Waals surface area contributed by atoms with Crippen LogP contribution < -0.4 is 16.6 Å². The zero-order valence-corrected chi connectivity index (χ0v) is 8.63. The molecule has 1 heterocycles. The molecule has 0 unspecified atom stereocenters. The van der Waals surface area contributed by atoms with E-state index in [1.807, 2.05) is 5.43 Å². The lowest BCUT2D eigenvalue weighted by molar-refractivity contribution is 0.286. The van der Waals surface area contributed by atoms with Crippen molar-refractivity contribution in [2.75, 3.05) is 23.9 Å². The lowest BCUT2D eigenvalue weighted by Crippen LogP contribution is -2.13. The van der Waals surface area contributed by atoms with Crippen LogP contribution >= 0.6 is 0 Å². The zero-order chi connectivity index (χ0) is 12.0. The monoisotopic (exact) mass is 232 g/mol. The topological polar surface area (TPSA) is 83.2 Å². The minimum atomic E-state index is -0.846. The van der Waals surface area contributed by atoms with Gasteiger partial charge in [0.25, 0.3) is 0 Å². The van der Waals surface area contributed by atoms with E-state index in [-0.39, 0.29) is 18.2 Å². The van der Waals surface area contributed by atoms with Crippen LogP contribution in [-0.4, -0.2) is 23.2 Å². The van der Waals surface area contributed by atoms with Crippen molar-refractivity contribution in [2.24, 2.45) is 5.84 Å². The first-order valence-electron chi connectivity index (χ1n) is 4.86. The highest BCUT2D eigenvalue weighted by atomic mass is 19.1. The Morgan fingerprint density at radius 3 is 2.56 bits per heavy atom. The van der Waals surface area contributed by atoms with Crippen LogP contribution in [0.3, 0.4) is 0 Å². The largest absolute Gasteiger partial charge is 0.396 e. The third-order valence-corrected chi connectivity index (χ3v) is 1.94. The number of unbranched alkanes of at least 4 members (excludes halogenated alkanes) is 1. The highest BCUT2D eigenvalue weighted by Crippen LogP contribution is 2.17. The van der Waals surface area contributed by atoms with E-state index < -0.39 is 11.6 Å². The van der Waals surface area contributed by atoms with Gasteiger partial charge in [-0.1, -0.05) is 0 Å². The number of rotatable bonds is 6. The number of pyridine rings is 1. The number of nitrogen functional groups attached to an aromatic ring is 1. The molecule has 1 aromatic heterocycles. The Bertz CT molecular complexity index is 349. The van der Waals surface area contributed by atoms with Gasteiger partial charge in [0.2, 0.25) is 0 Å². The summed E-state index contributed by atoms with van der Waals surface area (Å²) in [5.74, 6) is 3.11. The molecule has 0 saturated carbocycles. The van der Waals surface area contributed by atoms with Gasteiger partial charge in [-0.25, -0.2) is 19.6 Å². The molecule has 7 heteroatoms. The molecule has 0 amide bonds. The average Bonchev–Trinajstić information content (AvgIpc) is 2.27. The molecule has 0 aliphatic carbocycles. The van der Waals surface area contributed by atoms with Crippen LogP contribution in [0, 0.1) is 11.6 Å². The zero-order valence-electron chi connectivity index (χ0n) is 8.63. The molecule has 1 rings (SSSR count). The number of hydrogen-bond donors (Lipinski definition) is 4. The van der Waals surface area contributed by atoms with Gasteiger partial charge in [0.15, 0.2) is 23.3 Å². The number of nitrogens with zero attached hydrogens (tertiary/aromatic N) is 1. The van der Waals surface area contributed by atoms with Crippen LogP contribution in [0.25, 0.3) is 0 Å². The summed E-state index contributed by atoms with van der Waals surface area (Å²) < 4.78 is 26.2. The summed E-state index contributed by atoms with van der Waals surface area (Å²) in [5, 5.41) is 11.2. The van der Waals surface area contributed by atoms with Crippen molar-refractivity contribution in [1.82, 2.24) is 4.98 Å². The molecule has 5 nitrogen and oxygen atoms in total. The van der Waals surface area contributed by atoms with Gasteiger partial charge < -0.3 is 15.8 Å². The number of aromatic nitrogens is 1. The van der Waals surface area contributed by atoms with E-state index in [0.29, 0.717) is 25.5 Å². The van der Waals surface area contributed by atoms with Crippen LogP contribution in [0.4, 0.5) is 20.4 Å². The van der Waals surface area contributed by atoms with E-state index in [0.717, 1.165) is 0 Å². The average molecular weight is 232 g/mol. The Kier molecular flexibility index (Phi) is 4.87. The molecule has 0 atom stereocenters. The lowest BCUT2D eigenvalue weighted by atomic mass is 10.3. The van der Waals surface area contributed by atoms with Gasteiger partial charge in [-0.15, -0.1) is 0 Å². The van der Waals surface area contributed by atoms with E-state index >= 15 is 0 Å². The van der Waals surface area contributed by atoms with Crippen LogP contribution in [0.2, 0.25) is 0 Å². The molecule has 0 saturated heterocycles. The molecule has 0 aliphatic heterocycles. The number of anilines is 2. The molecule has 5 N–H and O–H groups in total. The van der Waals surface area contributed by atoms with Crippen molar-refractivity contribution >= 4 is 11.6 Å². The summed E-state index contributed by atoms with van der Waals surface area (Å²) in [6, 6.07) is 0.705. The first-order valence-corrected chi connectivity index (χ1v) is 4.86. The smallest absolute Gasteiger partial charge is 0.178 e. The number of aliphatic hydroxyl groups is 1. The first kappa shape index (κ1) is 12.6. The van der Waals surface area contributed by atoms with E-state index in [4.69, 9.17) is 10.9 Å². The molecule has 0 fully saturated rings. The van der Waals surface area contributed by atoms with Crippen LogP contribution in [0.1, 0.15) is 12.8 Å². The second-order valence-electron chi connectivity index (χ2n) is 3.15. The van der Waals surface area contributed by atoms with Gasteiger partial charge in [-0.2, -0.15) is 0 Å². The van der Waals surface area contributed by atoms with Crippen molar-refractivity contribution in [3.63, 3.8) is 0 Å². The summed E-state index contributed by atoms with van der Waals surface area (Å²) in [5.41, 5.74) is 2.03. The van der Waals surface area contributed by atoms with Crippen molar-refractivity contribution < 1.29 is 13.9 Å². The minimum absolute atomic E-state index is 0.0627.